The van der Waals surface area contributed by atoms with E-state index >= 15 is 0 Å². The van der Waals surface area contributed by atoms with Gasteiger partial charge >= 0.3 is 0 Å². The van der Waals surface area contributed by atoms with Gasteiger partial charge in [0.05, 0.1) is 0 Å². The molecule has 0 saturated heterocycles. The minimum atomic E-state index is -0.738. The highest BCUT2D eigenvalue weighted by Crippen LogP contribution is 2.22. The summed E-state index contributed by atoms with van der Waals surface area (Å²) in [5.74, 6) is 0.0175. The molecule has 0 aromatic rings. The Balaban J connectivity index is 4.25. The van der Waals surface area contributed by atoms with Gasteiger partial charge in [-0.15, -0.1) is 0 Å². The number of Topliss-reactive ketones (excluding diaryl/α,β-unsaturated/α-hetero) is 1. The minimum absolute atomic E-state index is 0.0175. The Morgan fingerprint density at radius 1 is 1.19 bits per heavy atom. The largest absolute Gasteiger partial charge is 0.367 e. The van der Waals surface area contributed by atoms with Gasteiger partial charge in [-0.3, -0.25) is 4.79 Å². The van der Waals surface area contributed by atoms with Crippen LogP contribution < -0.4 is 0 Å². The van der Waals surface area contributed by atoms with Crippen LogP contribution in [0.2, 0.25) is 0 Å². The maximum absolute atomic E-state index is 11.9. The minimum Gasteiger partial charge on any atom is -0.367 e. The van der Waals surface area contributed by atoms with Crippen LogP contribution >= 0.6 is 0 Å². The molecule has 0 saturated carbocycles. The fourth-order valence-electron chi connectivity index (χ4n) is 1.26. The zero-order valence-electron chi connectivity index (χ0n) is 11.6. The Labute approximate surface area is 100 Å². The molecule has 0 amide bonds. The van der Waals surface area contributed by atoms with Gasteiger partial charge in [0.2, 0.25) is 0 Å². The Morgan fingerprint density at radius 2 is 1.69 bits per heavy atom. The number of rotatable bonds is 6. The normalized spacial score (nSPS) is 12.6. The van der Waals surface area contributed by atoms with Gasteiger partial charge < -0.3 is 4.74 Å². The fourth-order valence-corrected chi connectivity index (χ4v) is 1.26. The van der Waals surface area contributed by atoms with Crippen LogP contribution in [0.25, 0.3) is 0 Å². The second-order valence-electron chi connectivity index (χ2n) is 5.96. The van der Waals surface area contributed by atoms with Gasteiger partial charge in [0, 0.05) is 6.61 Å². The van der Waals surface area contributed by atoms with E-state index < -0.39 is 5.60 Å². The fraction of sp³-hybridized carbons (Fsp3) is 0.786. The molecule has 0 heterocycles. The first kappa shape index (κ1) is 15.4. The third-order valence-corrected chi connectivity index (χ3v) is 2.61. The molecular weight excluding hydrogens is 200 g/mol. The molecule has 0 bridgehead atoms. The van der Waals surface area contributed by atoms with Crippen molar-refractivity contribution in [1.29, 1.82) is 0 Å². The zero-order valence-corrected chi connectivity index (χ0v) is 11.6. The summed E-state index contributed by atoms with van der Waals surface area (Å²) in [6.45, 7) is 16.4. The lowest BCUT2D eigenvalue weighted by Crippen LogP contribution is -2.36. The number of carbonyl (C=O) groups excluding carboxylic acids is 1. The molecule has 0 N–H and O–H groups in total. The summed E-state index contributed by atoms with van der Waals surface area (Å²) in [6.07, 6.45) is 1.63. The predicted molar refractivity (Wildman–Crippen MR) is 68.5 cm³/mol. The molecule has 2 heteroatoms. The van der Waals surface area contributed by atoms with E-state index in [9.17, 15) is 4.79 Å². The smallest absolute Gasteiger partial charge is 0.189 e. The topological polar surface area (TPSA) is 26.3 Å². The summed E-state index contributed by atoms with van der Waals surface area (Å²) in [5.41, 5.74) is 0.139. The SMILES string of the molecule is C=C(CC)C(=O)C(C)(C)OCCC(C)(C)C. The summed E-state index contributed by atoms with van der Waals surface area (Å²) >= 11 is 0. The maximum Gasteiger partial charge on any atom is 0.189 e. The molecule has 0 aliphatic rings. The van der Waals surface area contributed by atoms with E-state index in [1.165, 1.54) is 0 Å². The maximum atomic E-state index is 11.9. The van der Waals surface area contributed by atoms with Gasteiger partial charge in [-0.1, -0.05) is 34.3 Å². The quantitative estimate of drug-likeness (QED) is 0.645. The highest BCUT2D eigenvalue weighted by Gasteiger charge is 2.29. The number of ketones is 1. The number of ether oxygens (including phenoxy) is 1. The lowest BCUT2D eigenvalue weighted by Gasteiger charge is -2.27. The highest BCUT2D eigenvalue weighted by molar-refractivity contribution is 6.00. The summed E-state index contributed by atoms with van der Waals surface area (Å²) in [7, 11) is 0. The van der Waals surface area contributed by atoms with Crippen molar-refractivity contribution in [3.8, 4) is 0 Å². The Morgan fingerprint density at radius 3 is 2.06 bits per heavy atom. The lowest BCUT2D eigenvalue weighted by atomic mass is 9.92. The van der Waals surface area contributed by atoms with Crippen molar-refractivity contribution in [2.45, 2.75) is 60.0 Å². The van der Waals surface area contributed by atoms with E-state index in [1.807, 2.05) is 20.8 Å². The monoisotopic (exact) mass is 226 g/mol. The molecule has 0 atom stereocenters. The van der Waals surface area contributed by atoms with Crippen molar-refractivity contribution in [1.82, 2.24) is 0 Å². The molecule has 0 fully saturated rings. The van der Waals surface area contributed by atoms with E-state index in [2.05, 4.69) is 27.4 Å². The average molecular weight is 226 g/mol. The van der Waals surface area contributed by atoms with Crippen LogP contribution in [0.5, 0.6) is 0 Å². The second-order valence-corrected chi connectivity index (χ2v) is 5.96. The van der Waals surface area contributed by atoms with Crippen molar-refractivity contribution in [2.24, 2.45) is 5.41 Å². The van der Waals surface area contributed by atoms with Gasteiger partial charge in [0.25, 0.3) is 0 Å². The van der Waals surface area contributed by atoms with Crippen LogP contribution in [0.1, 0.15) is 54.4 Å². The second kappa shape index (κ2) is 5.62. The van der Waals surface area contributed by atoms with E-state index in [1.54, 1.807) is 0 Å². The molecular formula is C14H26O2. The Kier molecular flexibility index (Phi) is 5.40. The first-order chi connectivity index (χ1) is 7.10. The first-order valence-corrected chi connectivity index (χ1v) is 5.96. The Hall–Kier alpha value is -0.630. The average Bonchev–Trinajstić information content (AvgIpc) is 2.13. The lowest BCUT2D eigenvalue weighted by molar-refractivity contribution is -0.137. The van der Waals surface area contributed by atoms with Gasteiger partial charge in [0.15, 0.2) is 5.78 Å². The number of hydrogen-bond acceptors (Lipinski definition) is 2. The standard InChI is InChI=1S/C14H26O2/c1-8-11(2)12(15)14(6,7)16-10-9-13(3,4)5/h2,8-10H2,1,3-7H3. The van der Waals surface area contributed by atoms with Crippen LogP contribution in [0.4, 0.5) is 0 Å². The molecule has 0 aromatic heterocycles. The van der Waals surface area contributed by atoms with Gasteiger partial charge in [-0.25, -0.2) is 0 Å². The molecule has 0 rings (SSSR count). The molecule has 0 aliphatic carbocycles. The van der Waals surface area contributed by atoms with Gasteiger partial charge in [-0.2, -0.15) is 0 Å². The molecule has 0 aliphatic heterocycles. The third kappa shape index (κ3) is 5.45. The zero-order chi connectivity index (χ0) is 13.0. The third-order valence-electron chi connectivity index (χ3n) is 2.61. The van der Waals surface area contributed by atoms with E-state index in [0.29, 0.717) is 18.6 Å². The summed E-state index contributed by atoms with van der Waals surface area (Å²) in [6, 6.07) is 0. The van der Waals surface area contributed by atoms with Gasteiger partial charge in [0.1, 0.15) is 5.60 Å². The van der Waals surface area contributed by atoms with Crippen LogP contribution in [-0.4, -0.2) is 18.0 Å². The molecule has 0 unspecified atom stereocenters. The Bertz CT molecular complexity index is 256. The molecule has 94 valence electrons. The van der Waals surface area contributed by atoms with Crippen molar-refractivity contribution >= 4 is 5.78 Å². The molecule has 0 spiro atoms. The molecule has 2 nitrogen and oxygen atoms in total. The van der Waals surface area contributed by atoms with Crippen molar-refractivity contribution in [2.75, 3.05) is 6.61 Å². The predicted octanol–water partition coefficient (Wildman–Crippen LogP) is 3.75. The van der Waals surface area contributed by atoms with Gasteiger partial charge in [-0.05, 0) is 37.7 Å². The van der Waals surface area contributed by atoms with E-state index in [0.717, 1.165) is 6.42 Å². The highest BCUT2D eigenvalue weighted by atomic mass is 16.5. The summed E-state index contributed by atoms with van der Waals surface area (Å²) in [5, 5.41) is 0. The molecule has 16 heavy (non-hydrogen) atoms. The van der Waals surface area contributed by atoms with Crippen LogP contribution in [0.3, 0.4) is 0 Å². The van der Waals surface area contributed by atoms with E-state index in [-0.39, 0.29) is 11.2 Å². The molecule has 0 aromatic carbocycles. The number of hydrogen-bond donors (Lipinski definition) is 0. The van der Waals surface area contributed by atoms with E-state index in [4.69, 9.17) is 4.74 Å². The van der Waals surface area contributed by atoms with Crippen molar-refractivity contribution < 1.29 is 9.53 Å². The van der Waals surface area contributed by atoms with Crippen LogP contribution in [0, 0.1) is 5.41 Å². The summed E-state index contributed by atoms with van der Waals surface area (Å²) < 4.78 is 5.68. The van der Waals surface area contributed by atoms with Crippen LogP contribution in [-0.2, 0) is 9.53 Å². The first-order valence-electron chi connectivity index (χ1n) is 5.96. The van der Waals surface area contributed by atoms with Crippen molar-refractivity contribution in [3.63, 3.8) is 0 Å². The van der Waals surface area contributed by atoms with Crippen LogP contribution in [0.15, 0.2) is 12.2 Å². The number of carbonyl (C=O) groups is 1. The summed E-state index contributed by atoms with van der Waals surface area (Å²) in [4.78, 5) is 11.9. The van der Waals surface area contributed by atoms with Crippen molar-refractivity contribution in [3.05, 3.63) is 12.2 Å². The molecule has 0 radical (unpaired) electrons.